The Balaban J connectivity index is 1.73. The second-order valence-corrected chi connectivity index (χ2v) is 6.99. The van der Waals surface area contributed by atoms with Crippen LogP contribution in [-0.2, 0) is 6.42 Å². The van der Waals surface area contributed by atoms with E-state index < -0.39 is 0 Å². The van der Waals surface area contributed by atoms with Crippen molar-refractivity contribution in [2.45, 2.75) is 18.8 Å². The zero-order chi connectivity index (χ0) is 21.1. The normalized spacial score (nSPS) is 14.5. The van der Waals surface area contributed by atoms with E-state index in [2.05, 4.69) is 27.8 Å². The lowest BCUT2D eigenvalue weighted by molar-refractivity contribution is 0.407. The van der Waals surface area contributed by atoms with E-state index in [0.717, 1.165) is 46.9 Å². The number of nitrogens with one attached hydrogen (secondary N) is 2. The van der Waals surface area contributed by atoms with Crippen molar-refractivity contribution in [3.05, 3.63) is 64.8 Å². The Kier molecular flexibility index (Phi) is 5.40. The van der Waals surface area contributed by atoms with Crippen molar-refractivity contribution in [3.8, 4) is 17.6 Å². The molecule has 1 aromatic heterocycles. The number of nitrogens with zero attached hydrogens (tertiary/aromatic N) is 3. The number of aromatic nitrogens is 2. The largest absolute Gasteiger partial charge is 0.496 e. The van der Waals surface area contributed by atoms with Crippen molar-refractivity contribution in [1.29, 1.82) is 5.26 Å². The van der Waals surface area contributed by atoms with Gasteiger partial charge in [0.2, 0.25) is 5.95 Å². The Labute approximate surface area is 175 Å². The minimum absolute atomic E-state index is 0.141. The Morgan fingerprint density at radius 2 is 1.87 bits per heavy atom. The summed E-state index contributed by atoms with van der Waals surface area (Å²) in [6.07, 6.45) is 1.85. The maximum absolute atomic E-state index is 9.19. The van der Waals surface area contributed by atoms with E-state index in [1.165, 1.54) is 0 Å². The molecule has 1 aliphatic carbocycles. The van der Waals surface area contributed by atoms with Gasteiger partial charge in [-0.15, -0.1) is 0 Å². The topological polar surface area (TPSA) is 92.1 Å². The van der Waals surface area contributed by atoms with Crippen molar-refractivity contribution < 1.29 is 9.47 Å². The maximum Gasteiger partial charge on any atom is 0.229 e. The Morgan fingerprint density at radius 1 is 1.07 bits per heavy atom. The summed E-state index contributed by atoms with van der Waals surface area (Å²) in [6.45, 7) is 0. The number of rotatable bonds is 6. The van der Waals surface area contributed by atoms with Gasteiger partial charge in [-0.1, -0.05) is 18.2 Å². The number of nitriles is 1. The third-order valence-electron chi connectivity index (χ3n) is 5.38. The average molecular weight is 401 g/mol. The number of ether oxygens (including phenoxy) is 2. The van der Waals surface area contributed by atoms with Crippen LogP contribution in [0.1, 0.15) is 34.7 Å². The van der Waals surface area contributed by atoms with Crippen LogP contribution in [0.15, 0.2) is 42.5 Å². The predicted molar refractivity (Wildman–Crippen MR) is 116 cm³/mol. The molecule has 1 heterocycles. The van der Waals surface area contributed by atoms with Crippen molar-refractivity contribution in [1.82, 2.24) is 9.97 Å². The molecule has 7 heteroatoms. The molecular weight excluding hydrogens is 378 g/mol. The molecule has 0 amide bonds. The number of anilines is 3. The van der Waals surface area contributed by atoms with Crippen molar-refractivity contribution in [2.75, 3.05) is 31.9 Å². The fourth-order valence-electron chi connectivity index (χ4n) is 3.97. The van der Waals surface area contributed by atoms with Crippen LogP contribution in [0.4, 0.5) is 17.5 Å². The fraction of sp³-hybridized carbons (Fsp3) is 0.261. The molecule has 0 spiro atoms. The highest BCUT2D eigenvalue weighted by atomic mass is 16.5. The van der Waals surface area contributed by atoms with Gasteiger partial charge < -0.3 is 20.1 Å². The lowest BCUT2D eigenvalue weighted by atomic mass is 9.95. The van der Waals surface area contributed by atoms with Crippen LogP contribution in [-0.4, -0.2) is 31.2 Å². The standard InChI is InChI=1S/C23H23N5O2/c1-25-22-18-11-10-17(16-6-4-5-7-19(16)29-2)21(18)27-23(28-22)26-15-9-8-14(13-24)20(12-15)30-3/h4-9,12,17H,10-11H2,1-3H3,(H2,25,26,27,28)/t17-/m1/s1. The molecule has 0 saturated heterocycles. The first-order chi connectivity index (χ1) is 14.7. The van der Waals surface area contributed by atoms with Crippen molar-refractivity contribution >= 4 is 17.5 Å². The van der Waals surface area contributed by atoms with Crippen LogP contribution in [0.2, 0.25) is 0 Å². The van der Waals surface area contributed by atoms with E-state index in [1.807, 2.05) is 31.3 Å². The Morgan fingerprint density at radius 3 is 2.60 bits per heavy atom. The summed E-state index contributed by atoms with van der Waals surface area (Å²) in [5.41, 5.74) is 4.49. The summed E-state index contributed by atoms with van der Waals surface area (Å²) < 4.78 is 10.9. The van der Waals surface area contributed by atoms with Crippen LogP contribution in [0.3, 0.4) is 0 Å². The quantitative estimate of drug-likeness (QED) is 0.638. The van der Waals surface area contributed by atoms with Gasteiger partial charge in [-0.25, -0.2) is 4.98 Å². The van der Waals surface area contributed by atoms with E-state index in [-0.39, 0.29) is 5.92 Å². The van der Waals surface area contributed by atoms with E-state index in [0.29, 0.717) is 17.3 Å². The molecule has 4 rings (SSSR count). The predicted octanol–water partition coefficient (Wildman–Crippen LogP) is 4.23. The molecule has 0 unspecified atom stereocenters. The van der Waals surface area contributed by atoms with E-state index in [4.69, 9.17) is 14.5 Å². The summed E-state index contributed by atoms with van der Waals surface area (Å²) in [4.78, 5) is 9.52. The van der Waals surface area contributed by atoms with Crippen molar-refractivity contribution in [2.24, 2.45) is 0 Å². The number of hydrogen-bond acceptors (Lipinski definition) is 7. The fourth-order valence-corrected chi connectivity index (χ4v) is 3.97. The molecule has 0 aliphatic heterocycles. The highest BCUT2D eigenvalue weighted by molar-refractivity contribution is 5.63. The first kappa shape index (κ1) is 19.5. The van der Waals surface area contributed by atoms with Gasteiger partial charge >= 0.3 is 0 Å². The minimum atomic E-state index is 0.141. The second-order valence-electron chi connectivity index (χ2n) is 6.99. The molecule has 1 atom stereocenters. The smallest absolute Gasteiger partial charge is 0.229 e. The van der Waals surface area contributed by atoms with E-state index in [9.17, 15) is 5.26 Å². The highest BCUT2D eigenvalue weighted by Gasteiger charge is 2.31. The number of hydrogen-bond donors (Lipinski definition) is 2. The maximum atomic E-state index is 9.19. The monoisotopic (exact) mass is 401 g/mol. The molecule has 0 fully saturated rings. The van der Waals surface area contributed by atoms with Crippen LogP contribution >= 0.6 is 0 Å². The summed E-state index contributed by atoms with van der Waals surface area (Å²) in [7, 11) is 5.11. The number of methoxy groups -OCH3 is 2. The number of para-hydroxylation sites is 1. The third-order valence-corrected chi connectivity index (χ3v) is 5.38. The van der Waals surface area contributed by atoms with Crippen LogP contribution in [0, 0.1) is 11.3 Å². The first-order valence-corrected chi connectivity index (χ1v) is 9.75. The number of benzene rings is 2. The zero-order valence-corrected chi connectivity index (χ0v) is 17.2. The summed E-state index contributed by atoms with van der Waals surface area (Å²) >= 11 is 0. The van der Waals surface area contributed by atoms with Gasteiger partial charge in [0.05, 0.1) is 25.5 Å². The average Bonchev–Trinajstić information content (AvgIpc) is 3.22. The van der Waals surface area contributed by atoms with Gasteiger partial charge in [0.1, 0.15) is 23.4 Å². The van der Waals surface area contributed by atoms with Gasteiger partial charge in [0.25, 0.3) is 0 Å². The molecule has 30 heavy (non-hydrogen) atoms. The lowest BCUT2D eigenvalue weighted by Crippen LogP contribution is -2.08. The van der Waals surface area contributed by atoms with Gasteiger partial charge in [-0.3, -0.25) is 0 Å². The van der Waals surface area contributed by atoms with Gasteiger partial charge in [0.15, 0.2) is 0 Å². The SMILES string of the molecule is CNc1nc(Nc2ccc(C#N)c(OC)c2)nc2c1CC[C@@H]2c1ccccc1OC. The summed E-state index contributed by atoms with van der Waals surface area (Å²) in [5.74, 6) is 2.82. The summed E-state index contributed by atoms with van der Waals surface area (Å²) in [6, 6.07) is 15.5. The molecule has 3 aromatic rings. The van der Waals surface area contributed by atoms with E-state index >= 15 is 0 Å². The van der Waals surface area contributed by atoms with Crippen LogP contribution in [0.5, 0.6) is 11.5 Å². The molecule has 7 nitrogen and oxygen atoms in total. The molecule has 0 radical (unpaired) electrons. The number of fused-ring (bicyclic) bond motifs is 1. The molecule has 152 valence electrons. The molecule has 0 saturated carbocycles. The molecule has 1 aliphatic rings. The van der Waals surface area contributed by atoms with Crippen LogP contribution in [0.25, 0.3) is 0 Å². The molecule has 0 bridgehead atoms. The zero-order valence-electron chi connectivity index (χ0n) is 17.2. The second kappa shape index (κ2) is 8.29. The first-order valence-electron chi connectivity index (χ1n) is 9.75. The van der Waals surface area contributed by atoms with Gasteiger partial charge in [-0.2, -0.15) is 10.2 Å². The Hall–Kier alpha value is -3.79. The summed E-state index contributed by atoms with van der Waals surface area (Å²) in [5, 5.41) is 15.6. The lowest BCUT2D eigenvalue weighted by Gasteiger charge is -2.17. The van der Waals surface area contributed by atoms with Gasteiger partial charge in [-0.05, 0) is 31.0 Å². The third kappa shape index (κ3) is 3.48. The molecule has 2 aromatic carbocycles. The van der Waals surface area contributed by atoms with Crippen molar-refractivity contribution in [3.63, 3.8) is 0 Å². The van der Waals surface area contributed by atoms with Crippen LogP contribution < -0.4 is 20.1 Å². The minimum Gasteiger partial charge on any atom is -0.496 e. The highest BCUT2D eigenvalue weighted by Crippen LogP contribution is 2.43. The van der Waals surface area contributed by atoms with Gasteiger partial charge in [0, 0.05) is 35.8 Å². The van der Waals surface area contributed by atoms with E-state index in [1.54, 1.807) is 26.4 Å². The molecule has 2 N–H and O–H groups in total. The molecular formula is C23H23N5O2. The Bertz CT molecular complexity index is 1120.